The Bertz CT molecular complexity index is 739. The van der Waals surface area contributed by atoms with Crippen LogP contribution in [-0.2, 0) is 7.05 Å². The molecule has 25 heavy (non-hydrogen) atoms. The molecular formula is C19H27N5O. The molecule has 6 heteroatoms. The van der Waals surface area contributed by atoms with Crippen LogP contribution in [0.2, 0.25) is 0 Å². The van der Waals surface area contributed by atoms with E-state index in [-0.39, 0.29) is 6.03 Å². The van der Waals surface area contributed by atoms with Crippen molar-refractivity contribution >= 4 is 11.8 Å². The fourth-order valence-corrected chi connectivity index (χ4v) is 3.55. The van der Waals surface area contributed by atoms with Crippen molar-refractivity contribution in [1.29, 1.82) is 0 Å². The molecule has 0 aliphatic carbocycles. The molecule has 0 saturated carbocycles. The van der Waals surface area contributed by atoms with E-state index in [4.69, 9.17) is 0 Å². The number of anilines is 1. The second kappa shape index (κ2) is 7.70. The molecule has 1 atom stereocenters. The third kappa shape index (κ3) is 4.39. The highest BCUT2D eigenvalue weighted by atomic mass is 16.2. The predicted octanol–water partition coefficient (Wildman–Crippen LogP) is 2.65. The van der Waals surface area contributed by atoms with E-state index >= 15 is 0 Å². The maximum atomic E-state index is 12.0. The molecular weight excluding hydrogens is 314 g/mol. The Kier molecular flexibility index (Phi) is 5.38. The lowest BCUT2D eigenvalue weighted by Crippen LogP contribution is -2.36. The molecule has 2 N–H and O–H groups in total. The number of benzene rings is 1. The number of hydrogen-bond acceptors (Lipinski definition) is 3. The van der Waals surface area contributed by atoms with Gasteiger partial charge in [-0.15, -0.1) is 0 Å². The number of rotatable bonds is 5. The van der Waals surface area contributed by atoms with E-state index in [2.05, 4.69) is 51.8 Å². The molecule has 0 spiro atoms. The first-order chi connectivity index (χ1) is 12.0. The van der Waals surface area contributed by atoms with Crippen LogP contribution in [0.4, 0.5) is 10.6 Å². The quantitative estimate of drug-likeness (QED) is 0.879. The Morgan fingerprint density at radius 1 is 1.32 bits per heavy atom. The van der Waals surface area contributed by atoms with Crippen molar-refractivity contribution in [2.75, 3.05) is 31.5 Å². The molecule has 1 aliphatic heterocycles. The zero-order chi connectivity index (χ0) is 17.8. The van der Waals surface area contributed by atoms with Gasteiger partial charge in [0.05, 0.1) is 5.69 Å². The first-order valence-corrected chi connectivity index (χ1v) is 8.86. The van der Waals surface area contributed by atoms with Crippen molar-refractivity contribution in [2.24, 2.45) is 7.05 Å². The van der Waals surface area contributed by atoms with Crippen LogP contribution < -0.4 is 10.6 Å². The van der Waals surface area contributed by atoms with Crippen molar-refractivity contribution in [2.45, 2.75) is 26.2 Å². The average Bonchev–Trinajstić information content (AvgIpc) is 3.15. The summed E-state index contributed by atoms with van der Waals surface area (Å²) in [6.45, 7) is 7.76. The third-order valence-electron chi connectivity index (χ3n) is 4.86. The Balaban J connectivity index is 1.42. The van der Waals surface area contributed by atoms with Gasteiger partial charge < -0.3 is 10.2 Å². The first kappa shape index (κ1) is 17.5. The van der Waals surface area contributed by atoms with E-state index < -0.39 is 0 Å². The van der Waals surface area contributed by atoms with Gasteiger partial charge in [0.1, 0.15) is 5.82 Å². The smallest absolute Gasteiger partial charge is 0.320 e. The zero-order valence-corrected chi connectivity index (χ0v) is 15.2. The van der Waals surface area contributed by atoms with E-state index in [1.165, 1.54) is 17.5 Å². The number of nitrogens with zero attached hydrogens (tertiary/aromatic N) is 3. The van der Waals surface area contributed by atoms with Gasteiger partial charge in [-0.05, 0) is 43.9 Å². The minimum absolute atomic E-state index is 0.183. The van der Waals surface area contributed by atoms with Gasteiger partial charge in [0, 0.05) is 32.7 Å². The van der Waals surface area contributed by atoms with Crippen LogP contribution in [-0.4, -0.2) is 46.9 Å². The maximum absolute atomic E-state index is 12.0. The van der Waals surface area contributed by atoms with Crippen LogP contribution in [0, 0.1) is 13.8 Å². The van der Waals surface area contributed by atoms with Crippen LogP contribution in [0.5, 0.6) is 0 Å². The van der Waals surface area contributed by atoms with Crippen molar-refractivity contribution < 1.29 is 4.79 Å². The number of aromatic nitrogens is 2. The average molecular weight is 341 g/mol. The highest BCUT2D eigenvalue weighted by molar-refractivity contribution is 5.88. The van der Waals surface area contributed by atoms with Gasteiger partial charge in [-0.3, -0.25) is 10.00 Å². The summed E-state index contributed by atoms with van der Waals surface area (Å²) in [5.74, 6) is 1.31. The lowest BCUT2D eigenvalue weighted by molar-refractivity contribution is 0.249. The Morgan fingerprint density at radius 3 is 2.84 bits per heavy atom. The predicted molar refractivity (Wildman–Crippen MR) is 99.9 cm³/mol. The van der Waals surface area contributed by atoms with Gasteiger partial charge >= 0.3 is 6.03 Å². The van der Waals surface area contributed by atoms with Crippen LogP contribution in [0.25, 0.3) is 0 Å². The number of carbonyl (C=O) groups is 1. The fraction of sp³-hybridized carbons (Fsp3) is 0.474. The molecule has 0 bridgehead atoms. The molecule has 3 rings (SSSR count). The summed E-state index contributed by atoms with van der Waals surface area (Å²) in [5, 5.41) is 9.98. The largest absolute Gasteiger partial charge is 0.337 e. The summed E-state index contributed by atoms with van der Waals surface area (Å²) >= 11 is 0. The van der Waals surface area contributed by atoms with E-state index in [9.17, 15) is 4.79 Å². The minimum Gasteiger partial charge on any atom is -0.337 e. The monoisotopic (exact) mass is 341 g/mol. The van der Waals surface area contributed by atoms with Crippen molar-refractivity contribution in [3.63, 3.8) is 0 Å². The molecule has 2 amide bonds. The number of amides is 2. The number of likely N-dealkylation sites (tertiary alicyclic amines) is 1. The Morgan fingerprint density at radius 2 is 2.12 bits per heavy atom. The highest BCUT2D eigenvalue weighted by Crippen LogP contribution is 2.28. The molecule has 6 nitrogen and oxygen atoms in total. The molecule has 1 aliphatic rings. The summed E-state index contributed by atoms with van der Waals surface area (Å²) in [6, 6.07) is 10.3. The normalized spacial score (nSPS) is 17.6. The van der Waals surface area contributed by atoms with E-state index in [0.29, 0.717) is 18.3 Å². The fourth-order valence-electron chi connectivity index (χ4n) is 3.55. The van der Waals surface area contributed by atoms with E-state index in [0.717, 1.165) is 25.3 Å². The van der Waals surface area contributed by atoms with Gasteiger partial charge in [0.15, 0.2) is 0 Å². The number of nitrogens with one attached hydrogen (secondary N) is 2. The molecule has 1 saturated heterocycles. The highest BCUT2D eigenvalue weighted by Gasteiger charge is 2.24. The molecule has 1 unspecified atom stereocenters. The second-order valence-corrected chi connectivity index (χ2v) is 6.82. The van der Waals surface area contributed by atoms with Crippen LogP contribution in [0.15, 0.2) is 30.3 Å². The van der Waals surface area contributed by atoms with Gasteiger partial charge in [-0.25, -0.2) is 4.79 Å². The van der Waals surface area contributed by atoms with Gasteiger partial charge in [0.25, 0.3) is 0 Å². The standard InChI is InChI=1S/C19H27N5O/c1-14-6-4-5-7-17(14)16-8-10-24(13-16)11-9-20-19(25)21-18-12-15(2)22-23(18)3/h4-7,12,16H,8-11,13H2,1-3H3,(H2,20,21,25). The molecule has 0 radical (unpaired) electrons. The molecule has 134 valence electrons. The van der Waals surface area contributed by atoms with Crippen LogP contribution >= 0.6 is 0 Å². The third-order valence-corrected chi connectivity index (χ3v) is 4.86. The number of carbonyl (C=O) groups excluding carboxylic acids is 1. The van der Waals surface area contributed by atoms with E-state index in [1.807, 2.05) is 20.0 Å². The molecule has 2 heterocycles. The SMILES string of the molecule is Cc1cc(NC(=O)NCCN2CCC(c3ccccc3C)C2)n(C)n1. The van der Waals surface area contributed by atoms with Gasteiger partial charge in [0.2, 0.25) is 0 Å². The lowest BCUT2D eigenvalue weighted by atomic mass is 9.94. The van der Waals surface area contributed by atoms with Gasteiger partial charge in [-0.1, -0.05) is 24.3 Å². The molecule has 1 aromatic carbocycles. The van der Waals surface area contributed by atoms with E-state index in [1.54, 1.807) is 4.68 Å². The number of aryl methyl sites for hydroxylation is 3. The zero-order valence-electron chi connectivity index (χ0n) is 15.2. The summed E-state index contributed by atoms with van der Waals surface area (Å²) in [7, 11) is 1.82. The molecule has 1 aromatic heterocycles. The van der Waals surface area contributed by atoms with Crippen LogP contribution in [0.1, 0.15) is 29.2 Å². The molecule has 1 fully saturated rings. The number of hydrogen-bond donors (Lipinski definition) is 2. The van der Waals surface area contributed by atoms with Crippen molar-refractivity contribution in [1.82, 2.24) is 20.0 Å². The Labute approximate surface area is 149 Å². The summed E-state index contributed by atoms with van der Waals surface area (Å²) in [5.41, 5.74) is 3.72. The Hall–Kier alpha value is -2.34. The number of urea groups is 1. The summed E-state index contributed by atoms with van der Waals surface area (Å²) in [6.07, 6.45) is 1.19. The lowest BCUT2D eigenvalue weighted by Gasteiger charge is -2.17. The summed E-state index contributed by atoms with van der Waals surface area (Å²) < 4.78 is 1.67. The summed E-state index contributed by atoms with van der Waals surface area (Å²) in [4.78, 5) is 14.4. The second-order valence-electron chi connectivity index (χ2n) is 6.82. The van der Waals surface area contributed by atoms with Crippen molar-refractivity contribution in [3.05, 3.63) is 47.2 Å². The molecule has 2 aromatic rings. The first-order valence-electron chi connectivity index (χ1n) is 8.86. The topological polar surface area (TPSA) is 62.2 Å². The van der Waals surface area contributed by atoms with Gasteiger partial charge in [-0.2, -0.15) is 5.10 Å². The van der Waals surface area contributed by atoms with Crippen LogP contribution in [0.3, 0.4) is 0 Å². The minimum atomic E-state index is -0.183. The maximum Gasteiger partial charge on any atom is 0.320 e. The van der Waals surface area contributed by atoms with Crippen molar-refractivity contribution in [3.8, 4) is 0 Å².